The van der Waals surface area contributed by atoms with Crippen LogP contribution in [0, 0.1) is 0 Å². The second-order valence-electron chi connectivity index (χ2n) is 5.60. The maximum Gasteiger partial charge on any atom is 0.407 e. The Kier molecular flexibility index (Phi) is 6.43. The minimum atomic E-state index is -0.447. The lowest BCUT2D eigenvalue weighted by Crippen LogP contribution is -2.34. The highest BCUT2D eigenvalue weighted by molar-refractivity contribution is 5.67. The van der Waals surface area contributed by atoms with Gasteiger partial charge in [0, 0.05) is 6.54 Å². The van der Waals surface area contributed by atoms with Crippen LogP contribution < -0.4 is 10.6 Å². The molecule has 0 aliphatic carbocycles. The first-order chi connectivity index (χ1) is 8.47. The Labute approximate surface area is 110 Å². The molecule has 0 aromatic rings. The molecule has 0 saturated carbocycles. The molecule has 1 rings (SSSR count). The van der Waals surface area contributed by atoms with Crippen LogP contribution in [0.4, 0.5) is 4.79 Å². The molecule has 5 nitrogen and oxygen atoms in total. The summed E-state index contributed by atoms with van der Waals surface area (Å²) in [6.45, 7) is 8.69. The molecular formula is C13H26N2O3. The van der Waals surface area contributed by atoms with Crippen molar-refractivity contribution in [1.82, 2.24) is 10.6 Å². The topological polar surface area (TPSA) is 59.6 Å². The predicted octanol–water partition coefficient (Wildman–Crippen LogP) is 1.67. The summed E-state index contributed by atoms with van der Waals surface area (Å²) < 4.78 is 10.9. The highest BCUT2D eigenvalue weighted by Crippen LogP contribution is 2.09. The van der Waals surface area contributed by atoms with Gasteiger partial charge in [-0.3, -0.25) is 0 Å². The maximum absolute atomic E-state index is 11.4. The van der Waals surface area contributed by atoms with E-state index in [4.69, 9.17) is 9.47 Å². The van der Waals surface area contributed by atoms with Crippen LogP contribution >= 0.6 is 0 Å². The van der Waals surface area contributed by atoms with Crippen LogP contribution in [0.15, 0.2) is 0 Å². The minimum Gasteiger partial charge on any atom is -0.444 e. The lowest BCUT2D eigenvalue weighted by atomic mass is 10.2. The third-order valence-corrected chi connectivity index (χ3v) is 2.65. The summed E-state index contributed by atoms with van der Waals surface area (Å²) in [6, 6.07) is 0. The summed E-state index contributed by atoms with van der Waals surface area (Å²) >= 11 is 0. The number of nitrogens with one attached hydrogen (secondary N) is 2. The first kappa shape index (κ1) is 15.2. The number of carbonyl (C=O) groups excluding carboxylic acids is 1. The quantitative estimate of drug-likeness (QED) is 0.753. The van der Waals surface area contributed by atoms with E-state index in [1.165, 1.54) is 0 Å². The zero-order valence-electron chi connectivity index (χ0n) is 11.8. The van der Waals surface area contributed by atoms with E-state index < -0.39 is 5.60 Å². The molecule has 0 spiro atoms. The van der Waals surface area contributed by atoms with Crippen molar-refractivity contribution in [2.45, 2.75) is 51.7 Å². The third-order valence-electron chi connectivity index (χ3n) is 2.65. The van der Waals surface area contributed by atoms with Gasteiger partial charge in [0.25, 0.3) is 0 Å². The molecule has 0 aromatic heterocycles. The van der Waals surface area contributed by atoms with Crippen molar-refractivity contribution in [3.63, 3.8) is 0 Å². The largest absolute Gasteiger partial charge is 0.444 e. The van der Waals surface area contributed by atoms with Crippen molar-refractivity contribution in [3.05, 3.63) is 0 Å². The van der Waals surface area contributed by atoms with Gasteiger partial charge < -0.3 is 20.1 Å². The number of rotatable bonds is 4. The Morgan fingerprint density at radius 1 is 1.33 bits per heavy atom. The number of hydrogen-bond donors (Lipinski definition) is 2. The molecule has 106 valence electrons. The van der Waals surface area contributed by atoms with E-state index >= 15 is 0 Å². The number of carbonyl (C=O) groups is 1. The fourth-order valence-electron chi connectivity index (χ4n) is 1.85. The number of hydrogen-bond acceptors (Lipinski definition) is 4. The molecule has 1 unspecified atom stereocenters. The number of ether oxygens (including phenoxy) is 2. The van der Waals surface area contributed by atoms with Crippen LogP contribution in [0.2, 0.25) is 0 Å². The summed E-state index contributed by atoms with van der Waals surface area (Å²) in [5.74, 6) is 0. The predicted molar refractivity (Wildman–Crippen MR) is 70.7 cm³/mol. The summed E-state index contributed by atoms with van der Waals surface area (Å²) in [4.78, 5) is 11.4. The SMILES string of the molecule is CC(C)(C)OC(=O)NCCOC1CCCNCC1. The Morgan fingerprint density at radius 2 is 2.11 bits per heavy atom. The van der Waals surface area contributed by atoms with E-state index in [2.05, 4.69) is 10.6 Å². The first-order valence-corrected chi connectivity index (χ1v) is 6.76. The second-order valence-corrected chi connectivity index (χ2v) is 5.60. The summed E-state index contributed by atoms with van der Waals surface area (Å²) in [6.07, 6.45) is 3.24. The van der Waals surface area contributed by atoms with Crippen molar-refractivity contribution in [1.29, 1.82) is 0 Å². The van der Waals surface area contributed by atoms with Gasteiger partial charge in [-0.2, -0.15) is 0 Å². The first-order valence-electron chi connectivity index (χ1n) is 6.76. The van der Waals surface area contributed by atoms with Crippen LogP contribution in [-0.2, 0) is 9.47 Å². The summed E-state index contributed by atoms with van der Waals surface area (Å²) in [5.41, 5.74) is -0.447. The molecule has 1 aliphatic rings. The van der Waals surface area contributed by atoms with Gasteiger partial charge in [-0.15, -0.1) is 0 Å². The zero-order valence-corrected chi connectivity index (χ0v) is 11.8. The van der Waals surface area contributed by atoms with Crippen molar-refractivity contribution in [2.24, 2.45) is 0 Å². The molecule has 1 atom stereocenters. The standard InChI is InChI=1S/C13H26N2O3/c1-13(2,3)18-12(16)15-9-10-17-11-5-4-7-14-8-6-11/h11,14H,4-10H2,1-3H3,(H,15,16). The van der Waals surface area contributed by atoms with Crippen LogP contribution in [0.3, 0.4) is 0 Å². The fourth-order valence-corrected chi connectivity index (χ4v) is 1.85. The van der Waals surface area contributed by atoms with Crippen molar-refractivity contribution >= 4 is 6.09 Å². The molecule has 0 radical (unpaired) electrons. The fraction of sp³-hybridized carbons (Fsp3) is 0.923. The minimum absolute atomic E-state index is 0.320. The smallest absolute Gasteiger partial charge is 0.407 e. The monoisotopic (exact) mass is 258 g/mol. The van der Waals surface area contributed by atoms with Gasteiger partial charge in [0.05, 0.1) is 12.7 Å². The molecule has 1 saturated heterocycles. The van der Waals surface area contributed by atoms with Crippen LogP contribution in [0.1, 0.15) is 40.0 Å². The molecular weight excluding hydrogens is 232 g/mol. The molecule has 5 heteroatoms. The summed E-state index contributed by atoms with van der Waals surface area (Å²) in [5, 5.41) is 6.03. The highest BCUT2D eigenvalue weighted by Gasteiger charge is 2.16. The van der Waals surface area contributed by atoms with Crippen molar-refractivity contribution < 1.29 is 14.3 Å². The van der Waals surface area contributed by atoms with Gasteiger partial charge in [-0.1, -0.05) is 0 Å². The Hall–Kier alpha value is -0.810. The van der Waals surface area contributed by atoms with Gasteiger partial charge in [0.2, 0.25) is 0 Å². The molecule has 0 bridgehead atoms. The van der Waals surface area contributed by atoms with E-state index in [9.17, 15) is 4.79 Å². The normalized spacial score (nSPS) is 21.2. The lowest BCUT2D eigenvalue weighted by Gasteiger charge is -2.20. The molecule has 2 N–H and O–H groups in total. The highest BCUT2D eigenvalue weighted by atomic mass is 16.6. The van der Waals surface area contributed by atoms with Gasteiger partial charge in [-0.05, 0) is 53.1 Å². The maximum atomic E-state index is 11.4. The molecule has 1 amide bonds. The molecule has 1 fully saturated rings. The molecule has 1 heterocycles. The van der Waals surface area contributed by atoms with Crippen LogP contribution in [-0.4, -0.2) is 44.0 Å². The van der Waals surface area contributed by atoms with Crippen LogP contribution in [0.5, 0.6) is 0 Å². The van der Waals surface area contributed by atoms with Gasteiger partial charge in [0.1, 0.15) is 5.60 Å². The van der Waals surface area contributed by atoms with E-state index in [-0.39, 0.29) is 6.09 Å². The second kappa shape index (κ2) is 7.59. The number of alkyl carbamates (subject to hydrolysis) is 1. The van der Waals surface area contributed by atoms with Crippen molar-refractivity contribution in [3.8, 4) is 0 Å². The third kappa shape index (κ3) is 7.50. The van der Waals surface area contributed by atoms with E-state index in [1.807, 2.05) is 20.8 Å². The van der Waals surface area contributed by atoms with E-state index in [0.717, 1.165) is 32.4 Å². The van der Waals surface area contributed by atoms with Gasteiger partial charge >= 0.3 is 6.09 Å². The van der Waals surface area contributed by atoms with E-state index in [1.54, 1.807) is 0 Å². The molecule has 0 aromatic carbocycles. The Bertz CT molecular complexity index is 243. The average molecular weight is 258 g/mol. The number of amides is 1. The van der Waals surface area contributed by atoms with Crippen molar-refractivity contribution in [2.75, 3.05) is 26.2 Å². The van der Waals surface area contributed by atoms with Crippen LogP contribution in [0.25, 0.3) is 0 Å². The lowest BCUT2D eigenvalue weighted by molar-refractivity contribution is 0.0355. The average Bonchev–Trinajstić information content (AvgIpc) is 2.50. The Balaban J connectivity index is 2.05. The summed E-state index contributed by atoms with van der Waals surface area (Å²) in [7, 11) is 0. The molecule has 1 aliphatic heterocycles. The van der Waals surface area contributed by atoms with Gasteiger partial charge in [-0.25, -0.2) is 4.79 Å². The Morgan fingerprint density at radius 3 is 2.83 bits per heavy atom. The zero-order chi connectivity index (χ0) is 13.4. The van der Waals surface area contributed by atoms with Gasteiger partial charge in [0.15, 0.2) is 0 Å². The molecule has 18 heavy (non-hydrogen) atoms. The van der Waals surface area contributed by atoms with E-state index in [0.29, 0.717) is 19.3 Å².